The Morgan fingerprint density at radius 3 is 2.95 bits per heavy atom. The van der Waals surface area contributed by atoms with E-state index in [0.717, 1.165) is 30.7 Å². The van der Waals surface area contributed by atoms with Crippen LogP contribution in [0.3, 0.4) is 0 Å². The molecule has 1 aromatic carbocycles. The Morgan fingerprint density at radius 2 is 2.26 bits per heavy atom. The molecule has 1 atom stereocenters. The molecule has 0 aromatic heterocycles. The zero-order valence-corrected chi connectivity index (χ0v) is 11.6. The largest absolute Gasteiger partial charge is 0.491 e. The van der Waals surface area contributed by atoms with E-state index in [1.54, 1.807) is 0 Å². The standard InChI is InChI=1S/C15H22N2O2/c1-11(2)19-14-8-4-3-6-12(14)10-17-15(18)13-7-5-9-16-13/h3-4,6,8,11,13,16H,5,7,9-10H2,1-2H3,(H,17,18). The molecule has 4 nitrogen and oxygen atoms in total. The van der Waals surface area contributed by atoms with Crippen LogP contribution in [0.2, 0.25) is 0 Å². The van der Waals surface area contributed by atoms with Crippen LogP contribution in [0.15, 0.2) is 24.3 Å². The Balaban J connectivity index is 1.93. The van der Waals surface area contributed by atoms with Crippen molar-refractivity contribution >= 4 is 5.91 Å². The second-order valence-electron chi connectivity index (χ2n) is 5.14. The topological polar surface area (TPSA) is 50.4 Å². The molecule has 1 aromatic rings. The lowest BCUT2D eigenvalue weighted by molar-refractivity contribution is -0.122. The number of carbonyl (C=O) groups excluding carboxylic acids is 1. The molecule has 0 spiro atoms. The third-order valence-electron chi connectivity index (χ3n) is 3.17. The van der Waals surface area contributed by atoms with Gasteiger partial charge in [0.05, 0.1) is 12.1 Å². The van der Waals surface area contributed by atoms with Gasteiger partial charge in [0.15, 0.2) is 0 Å². The van der Waals surface area contributed by atoms with Crippen LogP contribution >= 0.6 is 0 Å². The lowest BCUT2D eigenvalue weighted by Crippen LogP contribution is -2.40. The zero-order chi connectivity index (χ0) is 13.7. The monoisotopic (exact) mass is 262 g/mol. The van der Waals surface area contributed by atoms with E-state index < -0.39 is 0 Å². The average Bonchev–Trinajstić information content (AvgIpc) is 2.90. The molecule has 1 aliphatic rings. The van der Waals surface area contributed by atoms with Gasteiger partial charge in [0, 0.05) is 12.1 Å². The van der Waals surface area contributed by atoms with Gasteiger partial charge in [0.25, 0.3) is 0 Å². The van der Waals surface area contributed by atoms with E-state index in [0.29, 0.717) is 6.54 Å². The number of rotatable bonds is 5. The second-order valence-corrected chi connectivity index (χ2v) is 5.14. The number of nitrogens with one attached hydrogen (secondary N) is 2. The molecule has 1 amide bonds. The first-order chi connectivity index (χ1) is 9.16. The van der Waals surface area contributed by atoms with Gasteiger partial charge in [0.1, 0.15) is 5.75 Å². The highest BCUT2D eigenvalue weighted by Crippen LogP contribution is 2.19. The van der Waals surface area contributed by atoms with Crippen LogP contribution in [-0.4, -0.2) is 24.6 Å². The normalized spacial score (nSPS) is 18.6. The van der Waals surface area contributed by atoms with Crippen LogP contribution in [0, 0.1) is 0 Å². The number of benzene rings is 1. The molecule has 0 bridgehead atoms. The second kappa shape index (κ2) is 6.57. The Kier molecular flexibility index (Phi) is 4.80. The van der Waals surface area contributed by atoms with E-state index in [1.165, 1.54) is 0 Å². The van der Waals surface area contributed by atoms with E-state index in [4.69, 9.17) is 4.74 Å². The summed E-state index contributed by atoms with van der Waals surface area (Å²) in [6, 6.07) is 7.80. The maximum absolute atomic E-state index is 11.9. The highest BCUT2D eigenvalue weighted by atomic mass is 16.5. The van der Waals surface area contributed by atoms with Crippen molar-refractivity contribution < 1.29 is 9.53 Å². The third-order valence-corrected chi connectivity index (χ3v) is 3.17. The summed E-state index contributed by atoms with van der Waals surface area (Å²) in [4.78, 5) is 11.9. The summed E-state index contributed by atoms with van der Waals surface area (Å²) < 4.78 is 5.74. The molecule has 19 heavy (non-hydrogen) atoms. The lowest BCUT2D eigenvalue weighted by atomic mass is 10.1. The predicted molar refractivity (Wildman–Crippen MR) is 75.1 cm³/mol. The van der Waals surface area contributed by atoms with E-state index in [1.807, 2.05) is 38.1 Å². The zero-order valence-electron chi connectivity index (χ0n) is 11.6. The number of hydrogen-bond acceptors (Lipinski definition) is 3. The lowest BCUT2D eigenvalue weighted by Gasteiger charge is -2.16. The van der Waals surface area contributed by atoms with Crippen LogP contribution in [-0.2, 0) is 11.3 Å². The summed E-state index contributed by atoms with van der Waals surface area (Å²) in [5, 5.41) is 6.17. The molecule has 104 valence electrons. The third kappa shape index (κ3) is 3.96. The van der Waals surface area contributed by atoms with Gasteiger partial charge in [-0.1, -0.05) is 18.2 Å². The molecule has 4 heteroatoms. The molecule has 1 heterocycles. The molecule has 1 aliphatic heterocycles. The van der Waals surface area contributed by atoms with Gasteiger partial charge >= 0.3 is 0 Å². The first-order valence-electron chi connectivity index (χ1n) is 6.92. The van der Waals surface area contributed by atoms with Crippen molar-refractivity contribution in [2.75, 3.05) is 6.54 Å². The average molecular weight is 262 g/mol. The summed E-state index contributed by atoms with van der Waals surface area (Å²) in [7, 11) is 0. The van der Waals surface area contributed by atoms with Crippen molar-refractivity contribution in [1.82, 2.24) is 10.6 Å². The summed E-state index contributed by atoms with van der Waals surface area (Å²) in [6.45, 7) is 5.45. The Hall–Kier alpha value is -1.55. The first kappa shape index (κ1) is 13.9. The van der Waals surface area contributed by atoms with Gasteiger partial charge in [-0.15, -0.1) is 0 Å². The summed E-state index contributed by atoms with van der Waals surface area (Å²) >= 11 is 0. The summed E-state index contributed by atoms with van der Waals surface area (Å²) in [5.74, 6) is 0.925. The minimum atomic E-state index is -0.0295. The molecule has 1 fully saturated rings. The SMILES string of the molecule is CC(C)Oc1ccccc1CNC(=O)C1CCCN1. The number of carbonyl (C=O) groups is 1. The van der Waals surface area contributed by atoms with Crippen molar-refractivity contribution in [3.05, 3.63) is 29.8 Å². The number of hydrogen-bond donors (Lipinski definition) is 2. The number of ether oxygens (including phenoxy) is 1. The van der Waals surface area contributed by atoms with Crippen molar-refractivity contribution in [3.63, 3.8) is 0 Å². The van der Waals surface area contributed by atoms with Crippen LogP contribution in [0.1, 0.15) is 32.3 Å². The highest BCUT2D eigenvalue weighted by Gasteiger charge is 2.21. The maximum Gasteiger partial charge on any atom is 0.237 e. The molecule has 1 saturated heterocycles. The summed E-state index contributed by atoms with van der Waals surface area (Å²) in [5.41, 5.74) is 1.02. The van der Waals surface area contributed by atoms with Crippen molar-refractivity contribution in [2.45, 2.75) is 45.4 Å². The molecular formula is C15H22N2O2. The van der Waals surface area contributed by atoms with Gasteiger partial charge in [-0.25, -0.2) is 0 Å². The Morgan fingerprint density at radius 1 is 1.47 bits per heavy atom. The molecule has 1 unspecified atom stereocenters. The fraction of sp³-hybridized carbons (Fsp3) is 0.533. The van der Waals surface area contributed by atoms with Crippen molar-refractivity contribution in [2.24, 2.45) is 0 Å². The smallest absolute Gasteiger partial charge is 0.237 e. The van der Waals surface area contributed by atoms with Gasteiger partial charge in [-0.05, 0) is 39.3 Å². The molecule has 0 saturated carbocycles. The minimum Gasteiger partial charge on any atom is -0.491 e. The van der Waals surface area contributed by atoms with Gasteiger partial charge in [-0.3, -0.25) is 4.79 Å². The van der Waals surface area contributed by atoms with Crippen LogP contribution < -0.4 is 15.4 Å². The number of para-hydroxylation sites is 1. The minimum absolute atomic E-state index is 0.0295. The fourth-order valence-electron chi connectivity index (χ4n) is 2.23. The van der Waals surface area contributed by atoms with E-state index in [2.05, 4.69) is 10.6 Å². The van der Waals surface area contributed by atoms with Crippen molar-refractivity contribution in [3.8, 4) is 5.75 Å². The van der Waals surface area contributed by atoms with Crippen LogP contribution in [0.5, 0.6) is 5.75 Å². The predicted octanol–water partition coefficient (Wildman–Crippen LogP) is 1.84. The Labute approximate surface area is 114 Å². The maximum atomic E-state index is 11.9. The summed E-state index contributed by atoms with van der Waals surface area (Å²) in [6.07, 6.45) is 2.13. The molecule has 2 N–H and O–H groups in total. The van der Waals surface area contributed by atoms with Gasteiger partial charge in [-0.2, -0.15) is 0 Å². The molecule has 2 rings (SSSR count). The van der Waals surface area contributed by atoms with Crippen LogP contribution in [0.4, 0.5) is 0 Å². The van der Waals surface area contributed by atoms with Gasteiger partial charge < -0.3 is 15.4 Å². The van der Waals surface area contributed by atoms with E-state index in [9.17, 15) is 4.79 Å². The van der Waals surface area contributed by atoms with Gasteiger partial charge in [0.2, 0.25) is 5.91 Å². The van der Waals surface area contributed by atoms with E-state index in [-0.39, 0.29) is 18.1 Å². The van der Waals surface area contributed by atoms with Crippen LogP contribution in [0.25, 0.3) is 0 Å². The quantitative estimate of drug-likeness (QED) is 0.851. The van der Waals surface area contributed by atoms with E-state index >= 15 is 0 Å². The van der Waals surface area contributed by atoms with Crippen molar-refractivity contribution in [1.29, 1.82) is 0 Å². The fourth-order valence-corrected chi connectivity index (χ4v) is 2.23. The number of amides is 1. The molecule has 0 aliphatic carbocycles. The molecule has 0 radical (unpaired) electrons. The molecular weight excluding hydrogens is 240 g/mol. The highest BCUT2D eigenvalue weighted by molar-refractivity contribution is 5.82. The Bertz CT molecular complexity index is 426. The first-order valence-corrected chi connectivity index (χ1v) is 6.92.